The van der Waals surface area contributed by atoms with Crippen molar-refractivity contribution in [3.05, 3.63) is 28.7 Å². The second kappa shape index (κ2) is 4.49. The van der Waals surface area contributed by atoms with E-state index in [9.17, 15) is 9.59 Å². The molecule has 0 saturated heterocycles. The molecular formula is C11H17N3O2. The van der Waals surface area contributed by atoms with Crippen molar-refractivity contribution in [1.29, 1.82) is 0 Å². The van der Waals surface area contributed by atoms with Gasteiger partial charge in [-0.2, -0.15) is 0 Å². The van der Waals surface area contributed by atoms with Gasteiger partial charge >= 0.3 is 0 Å². The number of anilines is 1. The Bertz CT molecular complexity index is 449. The molecule has 1 aromatic heterocycles. The predicted octanol–water partition coefficient (Wildman–Crippen LogP) is 0.451. The standard InChI is InChI=1S/C11H17N3O2/c1-4-11(2,12)10(16)13-8-5-6-9(15)14(3)7-8/h5-7H,4,12H2,1-3H3,(H,13,16). The number of rotatable bonds is 3. The minimum atomic E-state index is -0.894. The van der Waals surface area contributed by atoms with Crippen LogP contribution in [0, 0.1) is 0 Å². The third-order valence-corrected chi connectivity index (χ3v) is 2.60. The summed E-state index contributed by atoms with van der Waals surface area (Å²) in [5.41, 5.74) is 5.35. The van der Waals surface area contributed by atoms with E-state index in [0.29, 0.717) is 12.1 Å². The molecule has 16 heavy (non-hydrogen) atoms. The number of pyridine rings is 1. The summed E-state index contributed by atoms with van der Waals surface area (Å²) in [6, 6.07) is 2.96. The maximum absolute atomic E-state index is 11.7. The summed E-state index contributed by atoms with van der Waals surface area (Å²) in [5, 5.41) is 2.68. The van der Waals surface area contributed by atoms with Gasteiger partial charge in [-0.25, -0.2) is 0 Å². The van der Waals surface area contributed by atoms with E-state index in [-0.39, 0.29) is 11.5 Å². The second-order valence-electron chi connectivity index (χ2n) is 4.09. The molecule has 1 rings (SSSR count). The first-order valence-corrected chi connectivity index (χ1v) is 5.14. The van der Waals surface area contributed by atoms with E-state index >= 15 is 0 Å². The lowest BCUT2D eigenvalue weighted by molar-refractivity contribution is -0.120. The predicted molar refractivity (Wildman–Crippen MR) is 63.2 cm³/mol. The van der Waals surface area contributed by atoms with Crippen LogP contribution in [0.25, 0.3) is 0 Å². The molecular weight excluding hydrogens is 206 g/mol. The quantitative estimate of drug-likeness (QED) is 0.781. The largest absolute Gasteiger partial charge is 0.323 e. The van der Waals surface area contributed by atoms with Crippen LogP contribution in [0.1, 0.15) is 20.3 Å². The van der Waals surface area contributed by atoms with Crippen molar-refractivity contribution in [3.63, 3.8) is 0 Å². The minimum absolute atomic E-state index is 0.121. The Morgan fingerprint density at radius 3 is 2.69 bits per heavy atom. The van der Waals surface area contributed by atoms with Gasteiger partial charge in [0.2, 0.25) is 11.5 Å². The van der Waals surface area contributed by atoms with Gasteiger partial charge in [-0.15, -0.1) is 0 Å². The van der Waals surface area contributed by atoms with E-state index in [0.717, 1.165) is 0 Å². The lowest BCUT2D eigenvalue weighted by Gasteiger charge is -2.21. The fourth-order valence-corrected chi connectivity index (χ4v) is 1.10. The molecule has 1 heterocycles. The first-order chi connectivity index (χ1) is 7.36. The molecule has 5 heteroatoms. The Hall–Kier alpha value is -1.62. The van der Waals surface area contributed by atoms with Crippen LogP contribution in [0.15, 0.2) is 23.1 Å². The lowest BCUT2D eigenvalue weighted by atomic mass is 9.99. The molecule has 5 nitrogen and oxygen atoms in total. The summed E-state index contributed by atoms with van der Waals surface area (Å²) in [6.45, 7) is 3.52. The Kier molecular flexibility index (Phi) is 3.49. The molecule has 0 aliphatic carbocycles. The van der Waals surface area contributed by atoms with Gasteiger partial charge in [0.15, 0.2) is 0 Å². The topological polar surface area (TPSA) is 77.1 Å². The van der Waals surface area contributed by atoms with Gasteiger partial charge in [0.1, 0.15) is 0 Å². The molecule has 0 aromatic carbocycles. The number of hydrogen-bond acceptors (Lipinski definition) is 3. The maximum atomic E-state index is 11.7. The van der Waals surface area contributed by atoms with Gasteiger partial charge in [-0.05, 0) is 19.4 Å². The SMILES string of the molecule is CCC(C)(N)C(=O)Nc1ccc(=O)n(C)c1. The first kappa shape index (κ1) is 12.4. The van der Waals surface area contributed by atoms with E-state index < -0.39 is 5.54 Å². The van der Waals surface area contributed by atoms with Crippen molar-refractivity contribution >= 4 is 11.6 Å². The number of nitrogens with two attached hydrogens (primary N) is 1. The zero-order valence-corrected chi connectivity index (χ0v) is 9.78. The van der Waals surface area contributed by atoms with Crippen molar-refractivity contribution in [1.82, 2.24) is 4.57 Å². The van der Waals surface area contributed by atoms with Gasteiger partial charge in [0, 0.05) is 19.3 Å². The van der Waals surface area contributed by atoms with Crippen LogP contribution >= 0.6 is 0 Å². The number of nitrogens with one attached hydrogen (secondary N) is 1. The molecule has 88 valence electrons. The van der Waals surface area contributed by atoms with E-state index in [1.165, 1.54) is 10.6 Å². The van der Waals surface area contributed by atoms with Crippen LogP contribution in [0.5, 0.6) is 0 Å². The fraction of sp³-hybridized carbons (Fsp3) is 0.455. The molecule has 3 N–H and O–H groups in total. The maximum Gasteiger partial charge on any atom is 0.250 e. The highest BCUT2D eigenvalue weighted by atomic mass is 16.2. The fourth-order valence-electron chi connectivity index (χ4n) is 1.10. The highest BCUT2D eigenvalue weighted by Crippen LogP contribution is 2.10. The number of hydrogen-bond donors (Lipinski definition) is 2. The molecule has 0 fully saturated rings. The van der Waals surface area contributed by atoms with Crippen molar-refractivity contribution in [2.45, 2.75) is 25.8 Å². The lowest BCUT2D eigenvalue weighted by Crippen LogP contribution is -2.47. The molecule has 0 aliphatic rings. The highest BCUT2D eigenvalue weighted by Gasteiger charge is 2.25. The van der Waals surface area contributed by atoms with Crippen LogP contribution in [-0.4, -0.2) is 16.0 Å². The van der Waals surface area contributed by atoms with Crippen LogP contribution in [0.2, 0.25) is 0 Å². The van der Waals surface area contributed by atoms with Gasteiger partial charge in [-0.1, -0.05) is 6.92 Å². The number of nitrogens with zero attached hydrogens (tertiary/aromatic N) is 1. The van der Waals surface area contributed by atoms with Crippen molar-refractivity contribution in [2.24, 2.45) is 12.8 Å². The molecule has 0 aliphatic heterocycles. The van der Waals surface area contributed by atoms with Gasteiger partial charge < -0.3 is 15.6 Å². The number of aryl methyl sites for hydroxylation is 1. The number of carbonyl (C=O) groups excluding carboxylic acids is 1. The average molecular weight is 223 g/mol. The third kappa shape index (κ3) is 2.70. The van der Waals surface area contributed by atoms with Crippen molar-refractivity contribution in [2.75, 3.05) is 5.32 Å². The third-order valence-electron chi connectivity index (χ3n) is 2.60. The number of aromatic nitrogens is 1. The van der Waals surface area contributed by atoms with E-state index in [4.69, 9.17) is 5.73 Å². The second-order valence-corrected chi connectivity index (χ2v) is 4.09. The highest BCUT2D eigenvalue weighted by molar-refractivity contribution is 5.97. The molecule has 0 spiro atoms. The zero-order valence-electron chi connectivity index (χ0n) is 9.78. The molecule has 0 bridgehead atoms. The Balaban J connectivity index is 2.86. The Labute approximate surface area is 94.3 Å². The van der Waals surface area contributed by atoms with Crippen LogP contribution in [0.4, 0.5) is 5.69 Å². The molecule has 0 saturated carbocycles. The summed E-state index contributed by atoms with van der Waals surface area (Å²) in [7, 11) is 1.62. The van der Waals surface area contributed by atoms with Crippen molar-refractivity contribution < 1.29 is 4.79 Å². The van der Waals surface area contributed by atoms with Gasteiger partial charge in [0.25, 0.3) is 0 Å². The van der Waals surface area contributed by atoms with E-state index in [2.05, 4.69) is 5.32 Å². The summed E-state index contributed by atoms with van der Waals surface area (Å²) in [4.78, 5) is 22.9. The summed E-state index contributed by atoms with van der Waals surface area (Å²) in [6.07, 6.45) is 2.11. The summed E-state index contributed by atoms with van der Waals surface area (Å²) >= 11 is 0. The zero-order chi connectivity index (χ0) is 12.3. The first-order valence-electron chi connectivity index (χ1n) is 5.14. The summed E-state index contributed by atoms with van der Waals surface area (Å²) < 4.78 is 1.40. The Morgan fingerprint density at radius 2 is 2.19 bits per heavy atom. The average Bonchev–Trinajstić information content (AvgIpc) is 2.23. The monoisotopic (exact) mass is 223 g/mol. The normalized spacial score (nSPS) is 14.2. The van der Waals surface area contributed by atoms with E-state index in [1.807, 2.05) is 6.92 Å². The molecule has 1 amide bonds. The number of carbonyl (C=O) groups is 1. The van der Waals surface area contributed by atoms with Crippen LogP contribution < -0.4 is 16.6 Å². The van der Waals surface area contributed by atoms with Crippen LogP contribution in [0.3, 0.4) is 0 Å². The summed E-state index contributed by atoms with van der Waals surface area (Å²) in [5.74, 6) is -0.256. The molecule has 1 atom stereocenters. The smallest absolute Gasteiger partial charge is 0.250 e. The van der Waals surface area contributed by atoms with Crippen LogP contribution in [-0.2, 0) is 11.8 Å². The van der Waals surface area contributed by atoms with E-state index in [1.54, 1.807) is 26.2 Å². The molecule has 1 unspecified atom stereocenters. The molecule has 1 aromatic rings. The van der Waals surface area contributed by atoms with Crippen molar-refractivity contribution in [3.8, 4) is 0 Å². The minimum Gasteiger partial charge on any atom is -0.323 e. The Morgan fingerprint density at radius 1 is 1.56 bits per heavy atom. The molecule has 0 radical (unpaired) electrons. The van der Waals surface area contributed by atoms with Gasteiger partial charge in [0.05, 0.1) is 11.2 Å². The van der Waals surface area contributed by atoms with Gasteiger partial charge in [-0.3, -0.25) is 9.59 Å². The number of amides is 1.